The topological polar surface area (TPSA) is 26.3 Å². The fourth-order valence-electron chi connectivity index (χ4n) is 1.42. The molecule has 0 fully saturated rings. The van der Waals surface area contributed by atoms with Crippen molar-refractivity contribution in [2.45, 2.75) is 23.7 Å². The predicted molar refractivity (Wildman–Crippen MR) is 69.0 cm³/mol. The first-order valence-corrected chi connectivity index (χ1v) is 6.80. The summed E-state index contributed by atoms with van der Waals surface area (Å²) in [5.74, 6) is -0.240. The van der Waals surface area contributed by atoms with Crippen LogP contribution in [0.4, 0.5) is 13.2 Å². The molecule has 1 rings (SSSR count). The average molecular weight is 313 g/mol. The molecule has 0 aliphatic heterocycles. The molecule has 0 aliphatic carbocycles. The van der Waals surface area contributed by atoms with Crippen LogP contribution in [-0.4, -0.2) is 23.8 Å². The predicted octanol–water partition coefficient (Wildman–Crippen LogP) is 4.05. The Bertz CT molecular complexity index is 449. The monoisotopic (exact) mass is 312 g/mol. The van der Waals surface area contributed by atoms with Crippen LogP contribution in [0.2, 0.25) is 0 Å². The second-order valence-electron chi connectivity index (χ2n) is 3.61. The number of benzene rings is 1. The number of ketones is 1. The van der Waals surface area contributed by atoms with E-state index in [2.05, 4.69) is 0 Å². The van der Waals surface area contributed by atoms with E-state index in [0.717, 1.165) is 0 Å². The van der Waals surface area contributed by atoms with Gasteiger partial charge in [0.25, 0.3) is 0 Å². The zero-order valence-electron chi connectivity index (χ0n) is 10.1. The molecule has 0 bridgehead atoms. The fraction of sp³-hybridized carbons (Fsp3) is 0.417. The maximum Gasteiger partial charge on any atom is 0.446 e. The lowest BCUT2D eigenvalue weighted by Crippen LogP contribution is -2.05. The Morgan fingerprint density at radius 1 is 1.42 bits per heavy atom. The van der Waals surface area contributed by atoms with Gasteiger partial charge in [-0.25, -0.2) is 0 Å². The first-order valence-electron chi connectivity index (χ1n) is 5.45. The van der Waals surface area contributed by atoms with Crippen LogP contribution >= 0.6 is 23.4 Å². The van der Waals surface area contributed by atoms with E-state index in [0.29, 0.717) is 5.56 Å². The Morgan fingerprint density at radius 2 is 2.11 bits per heavy atom. The lowest BCUT2D eigenvalue weighted by atomic mass is 10.1. The van der Waals surface area contributed by atoms with Crippen molar-refractivity contribution in [3.8, 4) is 5.75 Å². The summed E-state index contributed by atoms with van der Waals surface area (Å²) in [6, 6.07) is 4.32. The van der Waals surface area contributed by atoms with Crippen LogP contribution in [0.25, 0.3) is 0 Å². The third-order valence-corrected chi connectivity index (χ3v) is 3.15. The van der Waals surface area contributed by atoms with Gasteiger partial charge in [0.1, 0.15) is 5.75 Å². The second-order valence-corrected chi connectivity index (χ2v) is 4.99. The Kier molecular flexibility index (Phi) is 6.00. The summed E-state index contributed by atoms with van der Waals surface area (Å²) in [5, 5.41) is 0. The largest absolute Gasteiger partial charge is 0.493 e. The Balaban J connectivity index is 3.00. The molecule has 0 spiro atoms. The third-order valence-electron chi connectivity index (χ3n) is 2.08. The van der Waals surface area contributed by atoms with Gasteiger partial charge in [-0.15, -0.1) is 11.6 Å². The van der Waals surface area contributed by atoms with Crippen molar-refractivity contribution in [2.75, 3.05) is 12.5 Å². The van der Waals surface area contributed by atoms with Crippen LogP contribution in [0.5, 0.6) is 5.75 Å². The van der Waals surface area contributed by atoms with Crippen molar-refractivity contribution in [3.63, 3.8) is 0 Å². The Hall–Kier alpha value is -0.880. The minimum absolute atomic E-state index is 0.0152. The average Bonchev–Trinajstić information content (AvgIpc) is 2.30. The van der Waals surface area contributed by atoms with E-state index in [9.17, 15) is 18.0 Å². The smallest absolute Gasteiger partial charge is 0.446 e. The van der Waals surface area contributed by atoms with Crippen molar-refractivity contribution in [1.82, 2.24) is 0 Å². The summed E-state index contributed by atoms with van der Waals surface area (Å²) in [4.78, 5) is 11.1. The van der Waals surface area contributed by atoms with Gasteiger partial charge in [0.15, 0.2) is 5.78 Å². The highest BCUT2D eigenvalue weighted by molar-refractivity contribution is 8.00. The highest BCUT2D eigenvalue weighted by Gasteiger charge is 2.31. The molecule has 2 nitrogen and oxygen atoms in total. The highest BCUT2D eigenvalue weighted by atomic mass is 35.5. The Labute approximate surface area is 118 Å². The first kappa shape index (κ1) is 16.2. The van der Waals surface area contributed by atoms with Crippen LogP contribution in [0, 0.1) is 0 Å². The van der Waals surface area contributed by atoms with Gasteiger partial charge in [0.2, 0.25) is 0 Å². The van der Waals surface area contributed by atoms with E-state index in [1.807, 2.05) is 0 Å². The van der Waals surface area contributed by atoms with Gasteiger partial charge >= 0.3 is 5.51 Å². The molecule has 106 valence electrons. The van der Waals surface area contributed by atoms with Crippen LogP contribution in [0.1, 0.15) is 12.5 Å². The molecular formula is C12H12ClF3O2S. The number of alkyl halides is 4. The fourth-order valence-corrected chi connectivity index (χ4v) is 2.20. The molecule has 0 aromatic heterocycles. The van der Waals surface area contributed by atoms with Gasteiger partial charge in [-0.1, -0.05) is 6.07 Å². The van der Waals surface area contributed by atoms with E-state index in [1.165, 1.54) is 12.1 Å². The van der Waals surface area contributed by atoms with Gasteiger partial charge in [-0.2, -0.15) is 13.2 Å². The summed E-state index contributed by atoms with van der Waals surface area (Å²) in [7, 11) is 0. The number of thioether (sulfide) groups is 1. The molecule has 0 unspecified atom stereocenters. The molecule has 0 amide bonds. The van der Waals surface area contributed by atoms with Crippen LogP contribution in [0.3, 0.4) is 0 Å². The summed E-state index contributed by atoms with van der Waals surface area (Å²) in [6.07, 6.45) is 0.0152. The minimum Gasteiger partial charge on any atom is -0.493 e. The molecule has 1 aromatic rings. The summed E-state index contributed by atoms with van der Waals surface area (Å²) < 4.78 is 42.5. The van der Waals surface area contributed by atoms with Gasteiger partial charge in [0.05, 0.1) is 17.4 Å². The second kappa shape index (κ2) is 7.05. The van der Waals surface area contributed by atoms with Crippen molar-refractivity contribution in [2.24, 2.45) is 0 Å². The SMILES string of the molecule is CCOc1ccc(CC(=O)CCl)cc1SC(F)(F)F. The van der Waals surface area contributed by atoms with Crippen LogP contribution in [0.15, 0.2) is 23.1 Å². The molecule has 19 heavy (non-hydrogen) atoms. The summed E-state index contributed by atoms with van der Waals surface area (Å²) in [5.41, 5.74) is -3.91. The van der Waals surface area contributed by atoms with Gasteiger partial charge in [0, 0.05) is 6.42 Å². The number of Topliss-reactive ketones (excluding diaryl/α,β-unsaturated/α-hetero) is 1. The van der Waals surface area contributed by atoms with Crippen LogP contribution in [-0.2, 0) is 11.2 Å². The normalized spacial score (nSPS) is 11.4. The molecule has 1 aromatic carbocycles. The van der Waals surface area contributed by atoms with Crippen molar-refractivity contribution < 1.29 is 22.7 Å². The van der Waals surface area contributed by atoms with Gasteiger partial charge < -0.3 is 4.74 Å². The maximum absolute atomic E-state index is 12.4. The number of carbonyl (C=O) groups excluding carboxylic acids is 1. The van der Waals surface area contributed by atoms with Gasteiger partial charge in [-0.3, -0.25) is 4.79 Å². The van der Waals surface area contributed by atoms with Crippen LogP contribution < -0.4 is 4.74 Å². The van der Waals surface area contributed by atoms with Crippen molar-refractivity contribution in [3.05, 3.63) is 23.8 Å². The van der Waals surface area contributed by atoms with E-state index in [-0.39, 0.29) is 47.1 Å². The van der Waals surface area contributed by atoms with Crippen molar-refractivity contribution in [1.29, 1.82) is 0 Å². The molecule has 0 N–H and O–H groups in total. The quantitative estimate of drug-likeness (QED) is 0.585. The molecule has 0 aliphatic rings. The first-order chi connectivity index (χ1) is 8.85. The number of hydrogen-bond acceptors (Lipinski definition) is 3. The zero-order chi connectivity index (χ0) is 14.5. The number of hydrogen-bond donors (Lipinski definition) is 0. The zero-order valence-corrected chi connectivity index (χ0v) is 11.7. The van der Waals surface area contributed by atoms with E-state index in [1.54, 1.807) is 13.0 Å². The minimum atomic E-state index is -4.40. The number of rotatable bonds is 6. The van der Waals surface area contributed by atoms with E-state index < -0.39 is 5.51 Å². The number of ether oxygens (including phenoxy) is 1. The highest BCUT2D eigenvalue weighted by Crippen LogP contribution is 2.41. The molecule has 0 heterocycles. The molecule has 0 saturated carbocycles. The third kappa shape index (κ3) is 5.74. The number of halogens is 4. The molecule has 7 heteroatoms. The molecular weight excluding hydrogens is 301 g/mol. The summed E-state index contributed by atoms with van der Waals surface area (Å²) in [6.45, 7) is 1.96. The van der Waals surface area contributed by atoms with E-state index >= 15 is 0 Å². The Morgan fingerprint density at radius 3 is 2.63 bits per heavy atom. The lowest BCUT2D eigenvalue weighted by molar-refractivity contribution is -0.116. The molecule has 0 saturated heterocycles. The summed E-state index contributed by atoms with van der Waals surface area (Å²) >= 11 is 5.12. The van der Waals surface area contributed by atoms with Gasteiger partial charge in [-0.05, 0) is 36.4 Å². The van der Waals surface area contributed by atoms with Crippen molar-refractivity contribution >= 4 is 29.1 Å². The van der Waals surface area contributed by atoms with E-state index in [4.69, 9.17) is 16.3 Å². The molecule has 0 atom stereocenters. The maximum atomic E-state index is 12.4. The standard InChI is InChI=1S/C12H12ClF3O2S/c1-2-18-10-4-3-8(5-9(17)7-13)6-11(10)19-12(14,15)16/h3-4,6H,2,5,7H2,1H3. The molecule has 0 radical (unpaired) electrons. The lowest BCUT2D eigenvalue weighted by Gasteiger charge is -2.13. The number of carbonyl (C=O) groups is 1.